The Kier molecular flexibility index (Phi) is 2.88. The molecule has 1 fully saturated rings. The molecular weight excluding hydrogens is 245 g/mol. The van der Waals surface area contributed by atoms with Gasteiger partial charge in [0.15, 0.2) is 0 Å². The Morgan fingerprint density at radius 2 is 2.14 bits per heavy atom. The first-order valence-electron chi connectivity index (χ1n) is 4.89. The van der Waals surface area contributed by atoms with Crippen LogP contribution in [0.4, 0.5) is 4.39 Å². The van der Waals surface area contributed by atoms with Crippen molar-refractivity contribution in [3.05, 3.63) is 34.1 Å². The predicted octanol–water partition coefficient (Wildman–Crippen LogP) is 3.39. The fourth-order valence-corrected chi connectivity index (χ4v) is 2.19. The molecule has 1 aliphatic rings. The van der Waals surface area contributed by atoms with Gasteiger partial charge in [-0.2, -0.15) is 0 Å². The maximum absolute atomic E-state index is 13.0. The van der Waals surface area contributed by atoms with E-state index in [0.717, 1.165) is 5.56 Å². The van der Waals surface area contributed by atoms with E-state index in [4.69, 9.17) is 5.73 Å². The average Bonchev–Trinajstić information content (AvgIpc) is 2.06. The second-order valence-electron chi connectivity index (χ2n) is 3.89. The molecule has 0 heterocycles. The van der Waals surface area contributed by atoms with Crippen molar-refractivity contribution in [2.75, 3.05) is 0 Å². The number of halogens is 2. The van der Waals surface area contributed by atoms with E-state index in [-0.39, 0.29) is 11.9 Å². The fourth-order valence-electron chi connectivity index (χ4n) is 1.79. The molecule has 1 nitrogen and oxygen atoms in total. The van der Waals surface area contributed by atoms with Crippen molar-refractivity contribution >= 4 is 15.9 Å². The Morgan fingerprint density at radius 1 is 1.43 bits per heavy atom. The molecule has 1 saturated carbocycles. The summed E-state index contributed by atoms with van der Waals surface area (Å²) in [5.41, 5.74) is 7.11. The van der Waals surface area contributed by atoms with Crippen molar-refractivity contribution in [2.45, 2.75) is 25.3 Å². The third-order valence-corrected chi connectivity index (χ3v) is 3.59. The van der Waals surface area contributed by atoms with Gasteiger partial charge in [0.25, 0.3) is 0 Å². The molecule has 14 heavy (non-hydrogen) atoms. The third kappa shape index (κ3) is 1.84. The Hall–Kier alpha value is -0.410. The Balaban J connectivity index is 2.18. The zero-order valence-corrected chi connectivity index (χ0v) is 9.43. The van der Waals surface area contributed by atoms with Crippen LogP contribution >= 0.6 is 15.9 Å². The Morgan fingerprint density at radius 3 is 2.64 bits per heavy atom. The summed E-state index contributed by atoms with van der Waals surface area (Å²) < 4.78 is 13.5. The minimum Gasteiger partial charge on any atom is -0.324 e. The first kappa shape index (κ1) is 10.1. The number of benzene rings is 1. The lowest BCUT2D eigenvalue weighted by Crippen LogP contribution is -2.26. The van der Waals surface area contributed by atoms with Gasteiger partial charge in [-0.3, -0.25) is 0 Å². The SMILES string of the molecule is N[C@H](c1ccc(F)c(Br)c1)C1CCC1. The van der Waals surface area contributed by atoms with E-state index in [1.165, 1.54) is 25.3 Å². The van der Waals surface area contributed by atoms with Crippen LogP contribution in [0, 0.1) is 11.7 Å². The van der Waals surface area contributed by atoms with Crippen LogP contribution in [0.3, 0.4) is 0 Å². The maximum atomic E-state index is 13.0. The zero-order chi connectivity index (χ0) is 10.1. The van der Waals surface area contributed by atoms with Crippen molar-refractivity contribution in [3.8, 4) is 0 Å². The fraction of sp³-hybridized carbons (Fsp3) is 0.455. The second kappa shape index (κ2) is 3.99. The summed E-state index contributed by atoms with van der Waals surface area (Å²) in [6, 6.07) is 5.11. The molecule has 0 radical (unpaired) electrons. The highest BCUT2D eigenvalue weighted by molar-refractivity contribution is 9.10. The molecule has 0 spiro atoms. The van der Waals surface area contributed by atoms with Crippen LogP contribution in [0.25, 0.3) is 0 Å². The highest BCUT2D eigenvalue weighted by atomic mass is 79.9. The summed E-state index contributed by atoms with van der Waals surface area (Å²) >= 11 is 3.17. The molecule has 1 aromatic rings. The van der Waals surface area contributed by atoms with Gasteiger partial charge in [0.05, 0.1) is 4.47 Å². The predicted molar refractivity (Wildman–Crippen MR) is 58.4 cm³/mol. The lowest BCUT2D eigenvalue weighted by Gasteiger charge is -2.31. The van der Waals surface area contributed by atoms with E-state index in [1.807, 2.05) is 0 Å². The quantitative estimate of drug-likeness (QED) is 0.864. The molecule has 0 bridgehead atoms. The van der Waals surface area contributed by atoms with Crippen molar-refractivity contribution in [2.24, 2.45) is 11.7 Å². The smallest absolute Gasteiger partial charge is 0.137 e. The average molecular weight is 258 g/mol. The van der Waals surface area contributed by atoms with Gasteiger partial charge < -0.3 is 5.73 Å². The number of hydrogen-bond donors (Lipinski definition) is 1. The number of rotatable bonds is 2. The van der Waals surface area contributed by atoms with Crippen LogP contribution in [0.2, 0.25) is 0 Å². The monoisotopic (exact) mass is 257 g/mol. The van der Waals surface area contributed by atoms with E-state index in [9.17, 15) is 4.39 Å². The number of hydrogen-bond acceptors (Lipinski definition) is 1. The van der Waals surface area contributed by atoms with Crippen LogP contribution in [0.15, 0.2) is 22.7 Å². The largest absolute Gasteiger partial charge is 0.324 e. The molecular formula is C11H13BrFN. The van der Waals surface area contributed by atoms with Gasteiger partial charge in [-0.15, -0.1) is 0 Å². The summed E-state index contributed by atoms with van der Waals surface area (Å²) in [6.07, 6.45) is 3.69. The van der Waals surface area contributed by atoms with Gasteiger partial charge in [0.2, 0.25) is 0 Å². The van der Waals surface area contributed by atoms with E-state index in [2.05, 4.69) is 15.9 Å². The number of nitrogens with two attached hydrogens (primary N) is 1. The summed E-state index contributed by atoms with van der Waals surface area (Å²) in [5, 5.41) is 0. The van der Waals surface area contributed by atoms with E-state index in [1.54, 1.807) is 12.1 Å². The third-order valence-electron chi connectivity index (χ3n) is 2.99. The highest BCUT2D eigenvalue weighted by Gasteiger charge is 2.25. The first-order valence-corrected chi connectivity index (χ1v) is 5.68. The molecule has 0 amide bonds. The summed E-state index contributed by atoms with van der Waals surface area (Å²) in [4.78, 5) is 0. The Bertz CT molecular complexity index is 336. The van der Waals surface area contributed by atoms with Crippen LogP contribution in [0.5, 0.6) is 0 Å². The molecule has 0 aromatic heterocycles. The normalized spacial score (nSPS) is 19.1. The van der Waals surface area contributed by atoms with Crippen LogP contribution in [-0.4, -0.2) is 0 Å². The van der Waals surface area contributed by atoms with Crippen molar-refractivity contribution in [3.63, 3.8) is 0 Å². The Labute approximate surface area is 91.6 Å². The van der Waals surface area contributed by atoms with Gasteiger partial charge in [-0.25, -0.2) is 4.39 Å². The van der Waals surface area contributed by atoms with E-state index < -0.39 is 0 Å². The lowest BCUT2D eigenvalue weighted by molar-refractivity contribution is 0.264. The molecule has 0 unspecified atom stereocenters. The molecule has 2 rings (SSSR count). The van der Waals surface area contributed by atoms with Gasteiger partial charge in [0.1, 0.15) is 5.82 Å². The summed E-state index contributed by atoms with van der Waals surface area (Å²) in [6.45, 7) is 0. The highest BCUT2D eigenvalue weighted by Crippen LogP contribution is 2.36. The van der Waals surface area contributed by atoms with Crippen LogP contribution in [0.1, 0.15) is 30.9 Å². The molecule has 0 saturated heterocycles. The van der Waals surface area contributed by atoms with Crippen molar-refractivity contribution < 1.29 is 4.39 Å². The summed E-state index contributed by atoms with van der Waals surface area (Å²) in [7, 11) is 0. The summed E-state index contributed by atoms with van der Waals surface area (Å²) in [5.74, 6) is 0.363. The van der Waals surface area contributed by atoms with Gasteiger partial charge >= 0.3 is 0 Å². The molecule has 1 aliphatic carbocycles. The molecule has 2 N–H and O–H groups in total. The first-order chi connectivity index (χ1) is 6.68. The van der Waals surface area contributed by atoms with Crippen LogP contribution in [-0.2, 0) is 0 Å². The molecule has 1 aromatic carbocycles. The minimum atomic E-state index is -0.227. The maximum Gasteiger partial charge on any atom is 0.137 e. The van der Waals surface area contributed by atoms with Crippen molar-refractivity contribution in [1.82, 2.24) is 0 Å². The lowest BCUT2D eigenvalue weighted by atomic mass is 9.78. The van der Waals surface area contributed by atoms with Gasteiger partial charge in [-0.05, 0) is 52.4 Å². The molecule has 0 aliphatic heterocycles. The molecule has 76 valence electrons. The van der Waals surface area contributed by atoms with Crippen LogP contribution < -0.4 is 5.73 Å². The van der Waals surface area contributed by atoms with Gasteiger partial charge in [0, 0.05) is 6.04 Å². The molecule has 1 atom stereocenters. The minimum absolute atomic E-state index is 0.0700. The second-order valence-corrected chi connectivity index (χ2v) is 4.74. The standard InChI is InChI=1S/C11H13BrFN/c12-9-6-8(4-5-10(9)13)11(14)7-2-1-3-7/h4-7,11H,1-3,14H2/t11-/m0/s1. The van der Waals surface area contributed by atoms with Crippen molar-refractivity contribution in [1.29, 1.82) is 0 Å². The van der Waals surface area contributed by atoms with E-state index in [0.29, 0.717) is 10.4 Å². The molecule has 3 heteroatoms. The van der Waals surface area contributed by atoms with Gasteiger partial charge in [-0.1, -0.05) is 12.5 Å². The van der Waals surface area contributed by atoms with E-state index >= 15 is 0 Å². The topological polar surface area (TPSA) is 26.0 Å². The zero-order valence-electron chi connectivity index (χ0n) is 7.84.